The third kappa shape index (κ3) is 6.32. The number of hydrogen-bond acceptors (Lipinski definition) is 7. The summed E-state index contributed by atoms with van der Waals surface area (Å²) in [6.45, 7) is 11.7. The Morgan fingerprint density at radius 1 is 0.872 bits per heavy atom. The second-order valence-corrected chi connectivity index (χ2v) is 10.7. The van der Waals surface area contributed by atoms with E-state index in [2.05, 4.69) is 31.0 Å². The molecule has 0 heterocycles. The molecule has 39 heavy (non-hydrogen) atoms. The van der Waals surface area contributed by atoms with Crippen molar-refractivity contribution in [3.63, 3.8) is 0 Å². The minimum atomic E-state index is -0.715. The highest BCUT2D eigenvalue weighted by Crippen LogP contribution is 2.40. The first-order chi connectivity index (χ1) is 18.4. The normalized spacial score (nSPS) is 11.8. The fourth-order valence-electron chi connectivity index (χ4n) is 3.99. The van der Waals surface area contributed by atoms with E-state index < -0.39 is 11.9 Å². The van der Waals surface area contributed by atoms with Crippen molar-refractivity contribution in [2.75, 3.05) is 0 Å². The second-order valence-electron chi connectivity index (χ2n) is 10.7. The maximum absolute atomic E-state index is 13.1. The number of phenolic OH excluding ortho intramolecular Hbond substituents is 1. The van der Waals surface area contributed by atoms with Crippen LogP contribution in [0, 0.1) is 6.92 Å². The molecule has 1 N–H and O–H groups in total. The van der Waals surface area contributed by atoms with Crippen molar-refractivity contribution in [3.05, 3.63) is 95.1 Å². The van der Waals surface area contributed by atoms with E-state index in [4.69, 9.17) is 9.47 Å². The van der Waals surface area contributed by atoms with Gasteiger partial charge < -0.3 is 14.6 Å². The van der Waals surface area contributed by atoms with Crippen LogP contribution in [0.4, 0.5) is 11.4 Å². The number of benzene rings is 4. The minimum Gasteiger partial charge on any atom is -0.505 e. The topological polar surface area (TPSA) is 97.5 Å². The lowest BCUT2D eigenvalue weighted by Gasteiger charge is -2.19. The number of azo groups is 1. The number of ether oxygens (including phenoxy) is 2. The first kappa shape index (κ1) is 27.5. The number of carbonyl (C=O) groups is 2. The predicted molar refractivity (Wildman–Crippen MR) is 152 cm³/mol. The Hall–Kier alpha value is -4.52. The number of phenols is 1. The van der Waals surface area contributed by atoms with Crippen molar-refractivity contribution in [3.8, 4) is 11.5 Å². The molecule has 7 heteroatoms. The number of aromatic hydroxyl groups is 1. The molecular weight excluding hydrogens is 492 g/mol. The molecule has 0 aliphatic rings. The molecule has 0 aliphatic heterocycles. The summed E-state index contributed by atoms with van der Waals surface area (Å²) in [5, 5.41) is 21.1. The van der Waals surface area contributed by atoms with Gasteiger partial charge in [-0.25, -0.2) is 9.59 Å². The Balaban J connectivity index is 1.70. The van der Waals surface area contributed by atoms with Gasteiger partial charge in [-0.1, -0.05) is 63.2 Å². The van der Waals surface area contributed by atoms with Gasteiger partial charge in [0.25, 0.3) is 0 Å². The fourth-order valence-corrected chi connectivity index (χ4v) is 3.99. The number of aryl methyl sites for hydroxylation is 1. The van der Waals surface area contributed by atoms with Crippen LogP contribution in [-0.4, -0.2) is 23.1 Å². The van der Waals surface area contributed by atoms with E-state index in [1.165, 1.54) is 0 Å². The van der Waals surface area contributed by atoms with E-state index in [1.54, 1.807) is 56.3 Å². The van der Waals surface area contributed by atoms with Crippen LogP contribution in [0.15, 0.2) is 83.0 Å². The van der Waals surface area contributed by atoms with E-state index in [0.717, 1.165) is 11.1 Å². The maximum atomic E-state index is 13.1. The van der Waals surface area contributed by atoms with Crippen LogP contribution in [0.5, 0.6) is 11.5 Å². The number of fused-ring (bicyclic) bond motifs is 1. The standard InChI is InChI=1S/C32H32N2O5/c1-19(2)38-30(36)22-12-11-20(3)27(18-22)33-34-28-25-10-8-7-9-21(25)17-26(29(28)35)31(37)39-24-15-13-23(14-16-24)32(4,5)6/h7-19,35H,1-6H3. The molecule has 0 saturated heterocycles. The quantitative estimate of drug-likeness (QED) is 0.155. The maximum Gasteiger partial charge on any atom is 0.347 e. The molecule has 200 valence electrons. The number of esters is 2. The molecular formula is C32H32N2O5. The van der Waals surface area contributed by atoms with Crippen LogP contribution in [0.2, 0.25) is 0 Å². The summed E-state index contributed by atoms with van der Waals surface area (Å²) < 4.78 is 10.9. The number of hydrogen-bond donors (Lipinski definition) is 1. The fraction of sp³-hybridized carbons (Fsp3) is 0.250. The van der Waals surface area contributed by atoms with E-state index in [1.807, 2.05) is 37.3 Å². The molecule has 0 amide bonds. The van der Waals surface area contributed by atoms with Crippen molar-refractivity contribution < 1.29 is 24.2 Å². The predicted octanol–water partition coefficient (Wildman–Crippen LogP) is 8.35. The lowest BCUT2D eigenvalue weighted by Crippen LogP contribution is -2.12. The van der Waals surface area contributed by atoms with Crippen molar-refractivity contribution >= 4 is 34.1 Å². The summed E-state index contributed by atoms with van der Waals surface area (Å²) in [7, 11) is 0. The number of nitrogens with zero attached hydrogens (tertiary/aromatic N) is 2. The Labute approximate surface area is 228 Å². The van der Waals surface area contributed by atoms with E-state index in [-0.39, 0.29) is 28.5 Å². The summed E-state index contributed by atoms with van der Waals surface area (Å²) >= 11 is 0. The molecule has 7 nitrogen and oxygen atoms in total. The SMILES string of the molecule is Cc1ccc(C(=O)OC(C)C)cc1N=Nc1c(O)c(C(=O)Oc2ccc(C(C)(C)C)cc2)cc2ccccc12. The van der Waals surface area contributed by atoms with Crippen molar-refractivity contribution in [2.24, 2.45) is 10.2 Å². The zero-order valence-electron chi connectivity index (χ0n) is 23.0. The van der Waals surface area contributed by atoms with E-state index >= 15 is 0 Å². The Morgan fingerprint density at radius 2 is 1.56 bits per heavy atom. The molecule has 0 aromatic heterocycles. The number of carbonyl (C=O) groups excluding carboxylic acids is 2. The summed E-state index contributed by atoms with van der Waals surface area (Å²) in [6, 6.07) is 21.1. The van der Waals surface area contributed by atoms with Crippen LogP contribution in [0.3, 0.4) is 0 Å². The molecule has 4 aromatic rings. The van der Waals surface area contributed by atoms with Gasteiger partial charge in [-0.05, 0) is 73.0 Å². The summed E-state index contributed by atoms with van der Waals surface area (Å²) in [5.41, 5.74) is 2.71. The third-order valence-electron chi connectivity index (χ3n) is 6.19. The van der Waals surface area contributed by atoms with E-state index in [0.29, 0.717) is 27.8 Å². The second kappa shape index (κ2) is 11.1. The zero-order valence-corrected chi connectivity index (χ0v) is 23.0. The molecule has 4 rings (SSSR count). The molecule has 0 bridgehead atoms. The lowest BCUT2D eigenvalue weighted by molar-refractivity contribution is 0.0377. The van der Waals surface area contributed by atoms with Gasteiger partial charge in [-0.2, -0.15) is 5.11 Å². The van der Waals surface area contributed by atoms with Gasteiger partial charge in [0, 0.05) is 5.39 Å². The molecule has 0 unspecified atom stereocenters. The zero-order chi connectivity index (χ0) is 28.3. The summed E-state index contributed by atoms with van der Waals surface area (Å²) in [6.07, 6.45) is -0.258. The van der Waals surface area contributed by atoms with Crippen molar-refractivity contribution in [2.45, 2.75) is 53.1 Å². The van der Waals surface area contributed by atoms with Crippen molar-refractivity contribution in [1.29, 1.82) is 0 Å². The molecule has 0 atom stereocenters. The number of rotatable bonds is 6. The Bertz CT molecular complexity index is 1560. The minimum absolute atomic E-state index is 0.0338. The van der Waals surface area contributed by atoms with Crippen LogP contribution >= 0.6 is 0 Å². The molecule has 0 spiro atoms. The largest absolute Gasteiger partial charge is 0.505 e. The van der Waals surface area contributed by atoms with E-state index in [9.17, 15) is 14.7 Å². The van der Waals surface area contributed by atoms with Gasteiger partial charge in [-0.15, -0.1) is 5.11 Å². The van der Waals surface area contributed by atoms with Crippen LogP contribution in [0.1, 0.15) is 66.5 Å². The van der Waals surface area contributed by atoms with Gasteiger partial charge in [0.1, 0.15) is 17.0 Å². The lowest BCUT2D eigenvalue weighted by atomic mass is 9.87. The summed E-state index contributed by atoms with van der Waals surface area (Å²) in [4.78, 5) is 25.5. The average Bonchev–Trinajstić information content (AvgIpc) is 2.88. The highest BCUT2D eigenvalue weighted by Gasteiger charge is 2.21. The molecule has 4 aromatic carbocycles. The van der Waals surface area contributed by atoms with Gasteiger partial charge in [-0.3, -0.25) is 0 Å². The van der Waals surface area contributed by atoms with Crippen LogP contribution < -0.4 is 4.74 Å². The molecule has 0 saturated carbocycles. The molecule has 0 fully saturated rings. The third-order valence-corrected chi connectivity index (χ3v) is 6.19. The Morgan fingerprint density at radius 3 is 2.23 bits per heavy atom. The Kier molecular flexibility index (Phi) is 7.81. The van der Waals surface area contributed by atoms with Crippen molar-refractivity contribution in [1.82, 2.24) is 0 Å². The monoisotopic (exact) mass is 524 g/mol. The first-order valence-electron chi connectivity index (χ1n) is 12.7. The highest BCUT2D eigenvalue weighted by molar-refractivity contribution is 6.05. The summed E-state index contributed by atoms with van der Waals surface area (Å²) in [5.74, 6) is -1.16. The van der Waals surface area contributed by atoms with Gasteiger partial charge in [0.15, 0.2) is 5.75 Å². The average molecular weight is 525 g/mol. The van der Waals surface area contributed by atoms with Gasteiger partial charge in [0.2, 0.25) is 0 Å². The van der Waals surface area contributed by atoms with Crippen LogP contribution in [0.25, 0.3) is 10.8 Å². The van der Waals surface area contributed by atoms with Gasteiger partial charge in [0.05, 0.1) is 17.4 Å². The first-order valence-corrected chi connectivity index (χ1v) is 12.7. The smallest absolute Gasteiger partial charge is 0.347 e. The molecule has 0 radical (unpaired) electrons. The van der Waals surface area contributed by atoms with Crippen LogP contribution in [-0.2, 0) is 10.2 Å². The highest BCUT2D eigenvalue weighted by atomic mass is 16.5. The molecule has 0 aliphatic carbocycles. The van der Waals surface area contributed by atoms with Gasteiger partial charge >= 0.3 is 11.9 Å².